The van der Waals surface area contributed by atoms with Crippen LogP contribution in [-0.2, 0) is 31.1 Å². The summed E-state index contributed by atoms with van der Waals surface area (Å²) >= 11 is 0. The number of aromatic amines is 1. The molecule has 1 aromatic heterocycles. The molecule has 1 heterocycles. The Kier molecular flexibility index (Phi) is 12.8. The highest BCUT2D eigenvalue weighted by Crippen LogP contribution is 2.42. The number of amides is 1. The Bertz CT molecular complexity index is 1470. The van der Waals surface area contributed by atoms with E-state index < -0.39 is 36.4 Å². The summed E-state index contributed by atoms with van der Waals surface area (Å²) in [6, 6.07) is 15.7. The van der Waals surface area contributed by atoms with Gasteiger partial charge in [-0.2, -0.15) is 0 Å². The van der Waals surface area contributed by atoms with Gasteiger partial charge in [-0.15, -0.1) is 0 Å². The highest BCUT2D eigenvalue weighted by atomic mass is 19.1. The van der Waals surface area contributed by atoms with Crippen LogP contribution in [0.1, 0.15) is 68.9 Å². The molecule has 2 aromatic carbocycles. The number of halogens is 1. The summed E-state index contributed by atoms with van der Waals surface area (Å²) in [7, 11) is 4.36. The molecule has 1 amide bonds. The minimum absolute atomic E-state index is 0.104. The molecule has 1 fully saturated rings. The van der Waals surface area contributed by atoms with E-state index in [1.165, 1.54) is 11.6 Å². The molecule has 46 heavy (non-hydrogen) atoms. The van der Waals surface area contributed by atoms with E-state index in [1.807, 2.05) is 6.20 Å². The summed E-state index contributed by atoms with van der Waals surface area (Å²) in [4.78, 5) is 48.4. The number of benzene rings is 2. The van der Waals surface area contributed by atoms with Crippen molar-refractivity contribution in [2.75, 3.05) is 20.6 Å². The van der Waals surface area contributed by atoms with Gasteiger partial charge in [0.15, 0.2) is 5.60 Å². The number of nitrogens with zero attached hydrogens (tertiary/aromatic N) is 1. The molecule has 3 aromatic rings. The third-order valence-corrected chi connectivity index (χ3v) is 8.80. The third-order valence-electron chi connectivity index (χ3n) is 8.80. The molecular formula is C34H44FN3O8. The summed E-state index contributed by atoms with van der Waals surface area (Å²) in [6.07, 6.45) is 7.33. The normalized spacial score (nSPS) is 18.1. The quantitative estimate of drug-likeness (QED) is 0.138. The molecule has 0 atom stereocenters. The number of carbonyl (C=O) groups is 4. The Hall–Kier alpha value is -4.29. The molecule has 0 saturated heterocycles. The highest BCUT2D eigenvalue weighted by molar-refractivity contribution is 5.88. The number of aliphatic hydroxyl groups is 1. The molecule has 0 spiro atoms. The first-order valence-corrected chi connectivity index (χ1v) is 15.4. The Labute approximate surface area is 267 Å². The molecule has 1 saturated carbocycles. The Balaban J connectivity index is 0.000000376. The van der Waals surface area contributed by atoms with Gasteiger partial charge in [-0.05, 0) is 94.3 Å². The van der Waals surface area contributed by atoms with Crippen molar-refractivity contribution in [1.29, 1.82) is 0 Å². The summed E-state index contributed by atoms with van der Waals surface area (Å²) in [5.74, 6) is -4.54. The van der Waals surface area contributed by atoms with Crippen molar-refractivity contribution in [3.05, 3.63) is 71.7 Å². The first-order valence-electron chi connectivity index (χ1n) is 15.4. The average Bonchev–Trinajstić information content (AvgIpc) is 3.40. The Morgan fingerprint density at radius 3 is 2.17 bits per heavy atom. The molecule has 6 N–H and O–H groups in total. The van der Waals surface area contributed by atoms with E-state index in [0.29, 0.717) is 12.3 Å². The van der Waals surface area contributed by atoms with Crippen LogP contribution in [0.3, 0.4) is 0 Å². The lowest BCUT2D eigenvalue weighted by molar-refractivity contribution is -0.170. The van der Waals surface area contributed by atoms with Crippen LogP contribution in [0.25, 0.3) is 10.9 Å². The third kappa shape index (κ3) is 9.85. The van der Waals surface area contributed by atoms with Gasteiger partial charge < -0.3 is 30.7 Å². The molecule has 0 aliphatic heterocycles. The van der Waals surface area contributed by atoms with E-state index in [0.717, 1.165) is 68.0 Å². The first kappa shape index (κ1) is 36.2. The number of hydrogen-bond donors (Lipinski definition) is 6. The summed E-state index contributed by atoms with van der Waals surface area (Å²) < 4.78 is 13.5. The zero-order valence-corrected chi connectivity index (χ0v) is 26.3. The number of H-pyrrole nitrogens is 1. The van der Waals surface area contributed by atoms with Crippen molar-refractivity contribution in [3.8, 4) is 0 Å². The predicted octanol–water partition coefficient (Wildman–Crippen LogP) is 4.53. The zero-order chi connectivity index (χ0) is 33.9. The smallest absolute Gasteiger partial charge is 0.336 e. The second-order valence-electron chi connectivity index (χ2n) is 12.2. The van der Waals surface area contributed by atoms with Gasteiger partial charge in [0.05, 0.1) is 12.8 Å². The van der Waals surface area contributed by atoms with Gasteiger partial charge in [0.1, 0.15) is 5.82 Å². The van der Waals surface area contributed by atoms with Gasteiger partial charge in [0, 0.05) is 35.6 Å². The predicted molar refractivity (Wildman–Crippen MR) is 170 cm³/mol. The SMILES string of the molecule is CN(C)C1(c2ccccc2)CCC(CNC(=O)CCCCc2c[nH]c3ccc(F)cc23)CC1.O=C(O)CC(O)(CC(=O)O)C(=O)O. The maximum absolute atomic E-state index is 13.5. The fourth-order valence-corrected chi connectivity index (χ4v) is 6.12. The number of carboxylic acid groups (broad SMARTS) is 3. The molecule has 0 bridgehead atoms. The van der Waals surface area contributed by atoms with Crippen LogP contribution in [0.15, 0.2) is 54.7 Å². The molecule has 1 aliphatic rings. The molecule has 0 radical (unpaired) electrons. The van der Waals surface area contributed by atoms with E-state index in [1.54, 1.807) is 12.1 Å². The van der Waals surface area contributed by atoms with Gasteiger partial charge in [-0.3, -0.25) is 19.3 Å². The fourth-order valence-electron chi connectivity index (χ4n) is 6.12. The lowest BCUT2D eigenvalue weighted by Crippen LogP contribution is -2.45. The van der Waals surface area contributed by atoms with Gasteiger partial charge in [-0.25, -0.2) is 9.18 Å². The van der Waals surface area contributed by atoms with Crippen molar-refractivity contribution in [1.82, 2.24) is 15.2 Å². The lowest BCUT2D eigenvalue weighted by Gasteiger charge is -2.45. The van der Waals surface area contributed by atoms with Crippen LogP contribution >= 0.6 is 0 Å². The van der Waals surface area contributed by atoms with Gasteiger partial charge in [0.2, 0.25) is 5.91 Å². The summed E-state index contributed by atoms with van der Waals surface area (Å²) in [6.45, 7) is 0.777. The Morgan fingerprint density at radius 2 is 1.61 bits per heavy atom. The minimum Gasteiger partial charge on any atom is -0.481 e. The van der Waals surface area contributed by atoms with E-state index in [4.69, 9.17) is 20.4 Å². The Morgan fingerprint density at radius 1 is 0.978 bits per heavy atom. The van der Waals surface area contributed by atoms with E-state index in [-0.39, 0.29) is 17.3 Å². The number of aliphatic carboxylic acids is 3. The largest absolute Gasteiger partial charge is 0.481 e. The zero-order valence-electron chi connectivity index (χ0n) is 26.3. The fraction of sp³-hybridized carbons (Fsp3) is 0.471. The number of rotatable bonds is 14. The number of aryl methyl sites for hydroxylation is 1. The van der Waals surface area contributed by atoms with Crippen molar-refractivity contribution in [2.45, 2.75) is 75.3 Å². The molecular weight excluding hydrogens is 597 g/mol. The average molecular weight is 642 g/mol. The minimum atomic E-state index is -2.74. The van der Waals surface area contributed by atoms with E-state index >= 15 is 0 Å². The highest BCUT2D eigenvalue weighted by Gasteiger charge is 2.41. The van der Waals surface area contributed by atoms with Crippen LogP contribution in [0.2, 0.25) is 0 Å². The van der Waals surface area contributed by atoms with Crippen LogP contribution in [-0.4, -0.2) is 80.4 Å². The number of carboxylic acids is 3. The molecule has 250 valence electrons. The van der Waals surface area contributed by atoms with Crippen LogP contribution in [0.5, 0.6) is 0 Å². The number of carbonyl (C=O) groups excluding carboxylic acids is 1. The van der Waals surface area contributed by atoms with Crippen LogP contribution in [0.4, 0.5) is 4.39 Å². The molecule has 11 nitrogen and oxygen atoms in total. The standard InChI is InChI=1S/C28H36FN3O.C6H8O7/c1-32(2)28(23-9-4-3-5-10-23)16-14-21(15-17-28)19-31-27(33)11-7-6-8-22-20-30-26-13-12-24(29)18-25(22)26;7-3(8)1-6(13,5(11)12)2-4(9)10/h3-5,9-10,12-13,18,20-21,30H,6-8,11,14-17,19H2,1-2H3,(H,31,33);13H,1-2H2,(H,7,8)(H,9,10)(H,11,12). The maximum Gasteiger partial charge on any atom is 0.336 e. The number of hydrogen-bond acceptors (Lipinski definition) is 6. The van der Waals surface area contributed by atoms with Crippen molar-refractivity contribution < 1.29 is 44.0 Å². The molecule has 1 aliphatic carbocycles. The maximum atomic E-state index is 13.5. The van der Waals surface area contributed by atoms with Crippen LogP contribution in [0, 0.1) is 11.7 Å². The monoisotopic (exact) mass is 641 g/mol. The van der Waals surface area contributed by atoms with Gasteiger partial charge in [0.25, 0.3) is 0 Å². The topological polar surface area (TPSA) is 180 Å². The second kappa shape index (κ2) is 16.3. The second-order valence-corrected chi connectivity index (χ2v) is 12.2. The molecule has 12 heteroatoms. The van der Waals surface area contributed by atoms with Gasteiger partial charge >= 0.3 is 17.9 Å². The van der Waals surface area contributed by atoms with E-state index in [9.17, 15) is 23.6 Å². The van der Waals surface area contributed by atoms with Crippen molar-refractivity contribution >= 4 is 34.7 Å². The summed E-state index contributed by atoms with van der Waals surface area (Å²) in [5, 5.41) is 37.9. The van der Waals surface area contributed by atoms with Gasteiger partial charge in [-0.1, -0.05) is 30.3 Å². The number of unbranched alkanes of at least 4 members (excludes halogenated alkanes) is 1. The molecule has 0 unspecified atom stereocenters. The number of fused-ring (bicyclic) bond motifs is 1. The summed E-state index contributed by atoms with van der Waals surface area (Å²) in [5.41, 5.74) is 0.845. The van der Waals surface area contributed by atoms with Crippen molar-refractivity contribution in [2.24, 2.45) is 5.92 Å². The first-order chi connectivity index (χ1) is 21.8. The number of aromatic nitrogens is 1. The van der Waals surface area contributed by atoms with Crippen molar-refractivity contribution in [3.63, 3.8) is 0 Å². The number of nitrogens with one attached hydrogen (secondary N) is 2. The molecule has 4 rings (SSSR count). The lowest BCUT2D eigenvalue weighted by atomic mass is 9.72. The van der Waals surface area contributed by atoms with Crippen LogP contribution < -0.4 is 5.32 Å². The van der Waals surface area contributed by atoms with E-state index in [2.05, 4.69) is 59.6 Å².